The van der Waals surface area contributed by atoms with Gasteiger partial charge in [-0.1, -0.05) is 212 Å². The molecule has 8 aromatic rings. The molecule has 0 spiro atoms. The van der Waals surface area contributed by atoms with Gasteiger partial charge in [-0.2, -0.15) is 4.57 Å². The van der Waals surface area contributed by atoms with Crippen molar-refractivity contribution in [2.75, 3.05) is 14.2 Å². The standard InChI is InChI=1S/C32H34BrNO.C24H30O2.C13H11BrNO.HI/c1-31(2,3)24-15-22(16-25(20-24)32(4,5)6)23-18-28(21-11-10-12-26(33)17-21)34-29(19-23)27-13-8-9-14-30(27)35-7;1-23(2,3)18-14-17(15-19(16-18)24(4,5)6)12-13-21(25)20-10-8-9-11-22(20)26-7;14-12-6-4-5-11(9-12)13(16)10-15-7-2-1-3-8-15;/h8-20H,1-7H3;8-16H,1-7H3;1-9H,10H2;1H/q;;+1;/p-1/b;13-12+;;. The van der Waals surface area contributed by atoms with E-state index in [9.17, 15) is 9.59 Å². The van der Waals surface area contributed by atoms with Crippen LogP contribution in [-0.2, 0) is 28.2 Å². The number of carbonyl (C=O) groups is 2. The van der Waals surface area contributed by atoms with Gasteiger partial charge in [0.2, 0.25) is 12.3 Å². The molecule has 0 N–H and O–H groups in total. The summed E-state index contributed by atoms with van der Waals surface area (Å²) < 4.78 is 14.8. The molecule has 0 amide bonds. The van der Waals surface area contributed by atoms with Gasteiger partial charge < -0.3 is 33.5 Å². The fourth-order valence-corrected chi connectivity index (χ4v) is 9.13. The number of ketones is 2. The summed E-state index contributed by atoms with van der Waals surface area (Å²) in [7, 11) is 3.29. The Bertz CT molecular complexity index is 3290. The Morgan fingerprint density at radius 2 is 0.987 bits per heavy atom. The van der Waals surface area contributed by atoms with Crippen LogP contribution in [0.15, 0.2) is 191 Å². The van der Waals surface area contributed by atoms with E-state index in [0.29, 0.717) is 17.9 Å². The zero-order valence-electron chi connectivity index (χ0n) is 47.8. The van der Waals surface area contributed by atoms with Crippen LogP contribution in [0.2, 0.25) is 0 Å². The Kier molecular flexibility index (Phi) is 21.9. The highest BCUT2D eigenvalue weighted by atomic mass is 127. The van der Waals surface area contributed by atoms with Gasteiger partial charge in [0.15, 0.2) is 18.2 Å². The van der Waals surface area contributed by atoms with Gasteiger partial charge in [0.25, 0.3) is 0 Å². The molecule has 78 heavy (non-hydrogen) atoms. The van der Waals surface area contributed by atoms with Crippen molar-refractivity contribution in [3.8, 4) is 45.1 Å². The third-order valence-electron chi connectivity index (χ3n) is 13.1. The number of pyridine rings is 2. The summed E-state index contributed by atoms with van der Waals surface area (Å²) in [6, 6.07) is 54.9. The van der Waals surface area contributed by atoms with Crippen LogP contribution >= 0.6 is 31.9 Å². The average Bonchev–Trinajstić information content (AvgIpc) is 3.44. The normalized spacial score (nSPS) is 11.6. The molecule has 0 saturated heterocycles. The molecule has 9 heteroatoms. The highest BCUT2D eigenvalue weighted by Gasteiger charge is 2.23. The van der Waals surface area contributed by atoms with Crippen molar-refractivity contribution in [3.63, 3.8) is 0 Å². The largest absolute Gasteiger partial charge is 1.00 e. The quantitative estimate of drug-likeness (QED) is 0.0559. The number of Topliss-reactive ketones (excluding diaryl/α,β-unsaturated/α-hetero) is 1. The van der Waals surface area contributed by atoms with Crippen LogP contribution in [0.3, 0.4) is 0 Å². The molecule has 406 valence electrons. The van der Waals surface area contributed by atoms with Crippen molar-refractivity contribution >= 4 is 49.5 Å². The smallest absolute Gasteiger partial charge is 0.227 e. The molecule has 0 aliphatic rings. The highest BCUT2D eigenvalue weighted by molar-refractivity contribution is 9.10. The van der Waals surface area contributed by atoms with E-state index in [4.69, 9.17) is 14.5 Å². The van der Waals surface area contributed by atoms with Gasteiger partial charge in [0.1, 0.15) is 11.5 Å². The Balaban J connectivity index is 0.000000229. The number of methoxy groups -OCH3 is 2. The minimum atomic E-state index is -0.0547. The first-order valence-corrected chi connectivity index (χ1v) is 27.6. The molecule has 0 fully saturated rings. The van der Waals surface area contributed by atoms with Crippen molar-refractivity contribution in [2.24, 2.45) is 0 Å². The second kappa shape index (κ2) is 27.2. The highest BCUT2D eigenvalue weighted by Crippen LogP contribution is 2.39. The van der Waals surface area contributed by atoms with E-state index >= 15 is 0 Å². The molecule has 0 atom stereocenters. The van der Waals surface area contributed by atoms with E-state index in [0.717, 1.165) is 53.9 Å². The SMILES string of the molecule is COc1ccccc1-c1cc(-c2cc(C(C)(C)C)cc(C(C)(C)C)c2)cc(-c2cccc(Br)c2)n1.COc1ccccc1C(=O)/C=C/c1cc(C(C)(C)C)cc(C(C)(C)C)c1.O=C(C[n+]1ccccc1)c1cccc(Br)c1.[I-]. The summed E-state index contributed by atoms with van der Waals surface area (Å²) in [5, 5.41) is 0. The summed E-state index contributed by atoms with van der Waals surface area (Å²) in [6.07, 6.45) is 7.30. The summed E-state index contributed by atoms with van der Waals surface area (Å²) in [4.78, 5) is 29.6. The summed E-state index contributed by atoms with van der Waals surface area (Å²) >= 11 is 6.98. The Morgan fingerprint density at radius 3 is 1.53 bits per heavy atom. The third-order valence-corrected chi connectivity index (χ3v) is 14.1. The van der Waals surface area contributed by atoms with Crippen LogP contribution in [0.4, 0.5) is 0 Å². The van der Waals surface area contributed by atoms with E-state index in [1.807, 2.05) is 102 Å². The molecule has 2 aromatic heterocycles. The molecule has 0 bridgehead atoms. The predicted molar refractivity (Wildman–Crippen MR) is 328 cm³/mol. The number of halogens is 3. The minimum absolute atomic E-state index is 0. The molecule has 0 radical (unpaired) electrons. The van der Waals surface area contributed by atoms with Crippen molar-refractivity contribution in [2.45, 2.75) is 111 Å². The van der Waals surface area contributed by atoms with E-state index in [2.05, 4.69) is 188 Å². The van der Waals surface area contributed by atoms with Crippen LogP contribution in [0.1, 0.15) is 132 Å². The number of allylic oxidation sites excluding steroid dienone is 1. The average molecular weight is 1280 g/mol. The Labute approximate surface area is 499 Å². The lowest BCUT2D eigenvalue weighted by atomic mass is 9.79. The fraction of sp³-hybridized carbons (Fsp3) is 0.275. The second-order valence-corrected chi connectivity index (χ2v) is 25.2. The minimum Gasteiger partial charge on any atom is -1.00 e. The van der Waals surface area contributed by atoms with Crippen LogP contribution in [-0.4, -0.2) is 30.8 Å². The lowest BCUT2D eigenvalue weighted by Crippen LogP contribution is -3.00. The first-order chi connectivity index (χ1) is 36.2. The Morgan fingerprint density at radius 1 is 0.500 bits per heavy atom. The number of hydrogen-bond acceptors (Lipinski definition) is 5. The van der Waals surface area contributed by atoms with Crippen molar-refractivity contribution in [1.29, 1.82) is 0 Å². The van der Waals surface area contributed by atoms with Gasteiger partial charge in [-0.3, -0.25) is 9.59 Å². The van der Waals surface area contributed by atoms with E-state index in [1.165, 1.54) is 27.8 Å². The molecular weight excluding hydrogens is 1210 g/mol. The van der Waals surface area contributed by atoms with Crippen LogP contribution in [0, 0.1) is 0 Å². The van der Waals surface area contributed by atoms with E-state index < -0.39 is 0 Å². The van der Waals surface area contributed by atoms with Gasteiger partial charge in [0.05, 0.1) is 31.2 Å². The fourth-order valence-electron chi connectivity index (χ4n) is 8.33. The summed E-state index contributed by atoms with van der Waals surface area (Å²) in [5.41, 5.74) is 14.0. The zero-order valence-corrected chi connectivity index (χ0v) is 53.1. The van der Waals surface area contributed by atoms with Gasteiger partial charge in [-0.05, 0) is 127 Å². The molecule has 0 unspecified atom stereocenters. The Hall–Kier alpha value is -6.01. The topological polar surface area (TPSA) is 69.4 Å². The van der Waals surface area contributed by atoms with Crippen molar-refractivity contribution < 1.29 is 47.6 Å². The predicted octanol–water partition coefficient (Wildman–Crippen LogP) is 15.3. The molecule has 6 aromatic carbocycles. The number of rotatable bonds is 11. The number of ether oxygens (including phenoxy) is 2. The third kappa shape index (κ3) is 17.8. The van der Waals surface area contributed by atoms with Gasteiger partial charge in [-0.25, -0.2) is 4.98 Å². The molecule has 0 saturated carbocycles. The van der Waals surface area contributed by atoms with Crippen molar-refractivity contribution in [3.05, 3.63) is 230 Å². The van der Waals surface area contributed by atoms with Gasteiger partial charge >= 0.3 is 0 Å². The number of aromatic nitrogens is 2. The number of hydrogen-bond donors (Lipinski definition) is 0. The molecule has 0 aliphatic carbocycles. The van der Waals surface area contributed by atoms with Crippen LogP contribution in [0.25, 0.3) is 39.7 Å². The van der Waals surface area contributed by atoms with E-state index in [1.54, 1.807) is 32.4 Å². The molecule has 6 nitrogen and oxygen atoms in total. The maximum absolute atomic E-state index is 12.6. The first-order valence-electron chi connectivity index (χ1n) is 26.1. The number of nitrogens with zero attached hydrogens (tertiary/aromatic N) is 2. The number of para-hydroxylation sites is 2. The van der Waals surface area contributed by atoms with Crippen LogP contribution in [0.5, 0.6) is 11.5 Å². The number of benzene rings is 6. The molecule has 0 aliphatic heterocycles. The maximum atomic E-state index is 12.6. The lowest BCUT2D eigenvalue weighted by molar-refractivity contribution is -0.683. The van der Waals surface area contributed by atoms with E-state index in [-0.39, 0.29) is 57.2 Å². The van der Waals surface area contributed by atoms with Crippen molar-refractivity contribution in [1.82, 2.24) is 4.98 Å². The molecule has 8 rings (SSSR count). The monoisotopic (exact) mass is 1280 g/mol. The summed E-state index contributed by atoms with van der Waals surface area (Å²) in [6.45, 7) is 27.3. The zero-order chi connectivity index (χ0) is 56.3. The second-order valence-electron chi connectivity index (χ2n) is 23.4. The molecule has 2 heterocycles. The van der Waals surface area contributed by atoms with Gasteiger partial charge in [0, 0.05) is 37.8 Å². The summed E-state index contributed by atoms with van der Waals surface area (Å²) in [5.74, 6) is 1.47. The van der Waals surface area contributed by atoms with Gasteiger partial charge in [-0.15, -0.1) is 0 Å². The molecular formula is C69H75Br2IN2O4. The van der Waals surface area contributed by atoms with Crippen LogP contribution < -0.4 is 38.0 Å². The maximum Gasteiger partial charge on any atom is 0.227 e. The lowest BCUT2D eigenvalue weighted by Gasteiger charge is -2.26. The number of carbonyl (C=O) groups excluding carboxylic acids is 2. The first kappa shape index (κ1) is 62.8.